The van der Waals surface area contributed by atoms with Gasteiger partial charge in [-0.05, 0) is 26.3 Å². The molecule has 0 aliphatic carbocycles. The molecule has 7 heteroatoms. The number of alkyl halides is 3. The zero-order valence-corrected chi connectivity index (χ0v) is 10.8. The van der Waals surface area contributed by atoms with Gasteiger partial charge in [-0.25, -0.2) is 0 Å². The Morgan fingerprint density at radius 3 is 2.58 bits per heavy atom. The van der Waals surface area contributed by atoms with E-state index in [9.17, 15) is 13.2 Å². The maximum Gasteiger partial charge on any atom is 0.389 e. The molecule has 0 saturated carbocycles. The van der Waals surface area contributed by atoms with Crippen LogP contribution in [0.5, 0.6) is 11.8 Å². The number of pyridine rings is 1. The lowest BCUT2D eigenvalue weighted by atomic mass is 10.3. The van der Waals surface area contributed by atoms with Crippen molar-refractivity contribution in [3.63, 3.8) is 0 Å². The Morgan fingerprint density at radius 2 is 2.00 bits per heavy atom. The molecule has 1 aromatic heterocycles. The van der Waals surface area contributed by atoms with Crippen molar-refractivity contribution in [3.05, 3.63) is 12.1 Å². The molecule has 0 fully saturated rings. The molecule has 0 aromatic carbocycles. The van der Waals surface area contributed by atoms with Crippen molar-refractivity contribution in [2.75, 3.05) is 12.3 Å². The number of nitrogen functional groups attached to an aromatic ring is 1. The van der Waals surface area contributed by atoms with Gasteiger partial charge in [-0.1, -0.05) is 0 Å². The molecule has 0 radical (unpaired) electrons. The molecule has 19 heavy (non-hydrogen) atoms. The fourth-order valence-corrected chi connectivity index (χ4v) is 1.28. The van der Waals surface area contributed by atoms with E-state index in [4.69, 9.17) is 15.2 Å². The van der Waals surface area contributed by atoms with Crippen molar-refractivity contribution < 1.29 is 22.6 Å². The van der Waals surface area contributed by atoms with Crippen LogP contribution in [-0.2, 0) is 0 Å². The van der Waals surface area contributed by atoms with Crippen molar-refractivity contribution in [2.24, 2.45) is 0 Å². The molecule has 1 aromatic rings. The number of hydrogen-bond acceptors (Lipinski definition) is 4. The van der Waals surface area contributed by atoms with E-state index < -0.39 is 12.6 Å². The third-order valence-electron chi connectivity index (χ3n) is 2.07. The van der Waals surface area contributed by atoms with Gasteiger partial charge in [-0.2, -0.15) is 18.2 Å². The minimum atomic E-state index is -4.16. The van der Waals surface area contributed by atoms with Gasteiger partial charge in [-0.3, -0.25) is 0 Å². The summed E-state index contributed by atoms with van der Waals surface area (Å²) in [6, 6.07) is 3.04. The normalized spacial score (nSPS) is 11.7. The van der Waals surface area contributed by atoms with Crippen molar-refractivity contribution in [1.82, 2.24) is 4.98 Å². The first-order valence-electron chi connectivity index (χ1n) is 5.90. The zero-order chi connectivity index (χ0) is 14.5. The smallest absolute Gasteiger partial charge is 0.389 e. The Hall–Kier alpha value is -1.66. The van der Waals surface area contributed by atoms with Crippen LogP contribution < -0.4 is 15.2 Å². The van der Waals surface area contributed by atoms with E-state index in [1.165, 1.54) is 6.07 Å². The fourth-order valence-electron chi connectivity index (χ4n) is 1.28. The van der Waals surface area contributed by atoms with E-state index in [0.29, 0.717) is 5.69 Å². The highest BCUT2D eigenvalue weighted by molar-refractivity contribution is 5.49. The maximum atomic E-state index is 11.9. The molecular formula is C12H17F3N2O2. The molecule has 0 saturated heterocycles. The van der Waals surface area contributed by atoms with Gasteiger partial charge in [0.05, 0.1) is 18.4 Å². The summed E-state index contributed by atoms with van der Waals surface area (Å²) in [4.78, 5) is 4.00. The molecule has 1 heterocycles. The number of ether oxygens (including phenoxy) is 2. The van der Waals surface area contributed by atoms with E-state index in [1.807, 2.05) is 13.8 Å². The first-order chi connectivity index (χ1) is 8.78. The Labute approximate surface area is 109 Å². The molecule has 1 rings (SSSR count). The largest absolute Gasteiger partial charge is 0.478 e. The molecule has 0 atom stereocenters. The summed E-state index contributed by atoms with van der Waals surface area (Å²) < 4.78 is 46.3. The van der Waals surface area contributed by atoms with E-state index in [2.05, 4.69) is 4.98 Å². The summed E-state index contributed by atoms with van der Waals surface area (Å²) in [5.41, 5.74) is 6.02. The summed E-state index contributed by atoms with van der Waals surface area (Å²) in [7, 11) is 0. The molecule has 0 unspecified atom stereocenters. The third-order valence-corrected chi connectivity index (χ3v) is 2.07. The zero-order valence-electron chi connectivity index (χ0n) is 10.8. The molecule has 4 nitrogen and oxygen atoms in total. The Balaban J connectivity index is 2.50. The van der Waals surface area contributed by atoms with E-state index in [-0.39, 0.29) is 30.9 Å². The minimum Gasteiger partial charge on any atom is -0.478 e. The average molecular weight is 278 g/mol. The van der Waals surface area contributed by atoms with Crippen LogP contribution in [0.1, 0.15) is 26.7 Å². The van der Waals surface area contributed by atoms with Crippen molar-refractivity contribution in [3.8, 4) is 11.8 Å². The van der Waals surface area contributed by atoms with Gasteiger partial charge in [0.1, 0.15) is 0 Å². The topological polar surface area (TPSA) is 57.4 Å². The SMILES string of the molecule is CC(C)Oc1nc(OCCCC(F)(F)F)ccc1N. The Morgan fingerprint density at radius 1 is 1.32 bits per heavy atom. The number of nitrogens with two attached hydrogens (primary N) is 1. The standard InChI is InChI=1S/C12H17F3N2O2/c1-8(2)19-11-9(16)4-5-10(17-11)18-7-3-6-12(13,14)15/h4-5,8H,3,6-7,16H2,1-2H3. The van der Waals surface area contributed by atoms with Crippen LogP contribution in [-0.4, -0.2) is 23.9 Å². The molecule has 0 amide bonds. The van der Waals surface area contributed by atoms with Crippen LogP contribution in [0.4, 0.5) is 18.9 Å². The number of nitrogens with zero attached hydrogens (tertiary/aromatic N) is 1. The second-order valence-corrected chi connectivity index (χ2v) is 4.28. The second-order valence-electron chi connectivity index (χ2n) is 4.28. The molecular weight excluding hydrogens is 261 g/mol. The van der Waals surface area contributed by atoms with E-state index >= 15 is 0 Å². The summed E-state index contributed by atoms with van der Waals surface area (Å²) >= 11 is 0. The lowest BCUT2D eigenvalue weighted by molar-refractivity contribution is -0.136. The molecule has 0 aliphatic rings. The first-order valence-corrected chi connectivity index (χ1v) is 5.90. The number of halogens is 3. The van der Waals surface area contributed by atoms with Crippen molar-refractivity contribution in [1.29, 1.82) is 0 Å². The average Bonchev–Trinajstić information content (AvgIpc) is 2.26. The van der Waals surface area contributed by atoms with Gasteiger partial charge < -0.3 is 15.2 Å². The Kier molecular flexibility index (Phi) is 5.26. The van der Waals surface area contributed by atoms with Crippen LogP contribution in [0.3, 0.4) is 0 Å². The quantitative estimate of drug-likeness (QED) is 0.812. The highest BCUT2D eigenvalue weighted by Crippen LogP contribution is 2.24. The second kappa shape index (κ2) is 6.49. The lowest BCUT2D eigenvalue weighted by Crippen LogP contribution is -2.11. The van der Waals surface area contributed by atoms with Gasteiger partial charge in [0.25, 0.3) is 0 Å². The number of aromatic nitrogens is 1. The Bertz CT molecular complexity index is 408. The molecule has 0 aliphatic heterocycles. The van der Waals surface area contributed by atoms with E-state index in [1.54, 1.807) is 6.07 Å². The fraction of sp³-hybridized carbons (Fsp3) is 0.583. The van der Waals surface area contributed by atoms with Gasteiger partial charge in [0, 0.05) is 12.5 Å². The summed E-state index contributed by atoms with van der Waals surface area (Å²) in [6.45, 7) is 3.58. The molecule has 0 spiro atoms. The third kappa shape index (κ3) is 6.17. The van der Waals surface area contributed by atoms with Crippen LogP contribution in [0.15, 0.2) is 12.1 Å². The van der Waals surface area contributed by atoms with Crippen LogP contribution >= 0.6 is 0 Å². The van der Waals surface area contributed by atoms with Crippen molar-refractivity contribution >= 4 is 5.69 Å². The first kappa shape index (κ1) is 15.4. The lowest BCUT2D eigenvalue weighted by Gasteiger charge is -2.12. The highest BCUT2D eigenvalue weighted by atomic mass is 19.4. The molecule has 2 N–H and O–H groups in total. The van der Waals surface area contributed by atoms with Crippen molar-refractivity contribution in [2.45, 2.75) is 39.0 Å². The summed E-state index contributed by atoms with van der Waals surface area (Å²) in [5.74, 6) is 0.426. The monoisotopic (exact) mass is 278 g/mol. The number of hydrogen-bond donors (Lipinski definition) is 1. The maximum absolute atomic E-state index is 11.9. The summed E-state index contributed by atoms with van der Waals surface area (Å²) in [5, 5.41) is 0. The van der Waals surface area contributed by atoms with Gasteiger partial charge in [0.2, 0.25) is 11.8 Å². The molecule has 0 bridgehead atoms. The summed E-state index contributed by atoms with van der Waals surface area (Å²) in [6.07, 6.45) is -5.26. The van der Waals surface area contributed by atoms with Crippen LogP contribution in [0.2, 0.25) is 0 Å². The van der Waals surface area contributed by atoms with Crippen LogP contribution in [0.25, 0.3) is 0 Å². The van der Waals surface area contributed by atoms with Crippen LogP contribution in [0, 0.1) is 0 Å². The number of rotatable bonds is 6. The highest BCUT2D eigenvalue weighted by Gasteiger charge is 2.26. The minimum absolute atomic E-state index is 0.0580. The van der Waals surface area contributed by atoms with Gasteiger partial charge >= 0.3 is 6.18 Å². The van der Waals surface area contributed by atoms with Gasteiger partial charge in [0.15, 0.2) is 0 Å². The predicted molar refractivity (Wildman–Crippen MR) is 65.2 cm³/mol. The van der Waals surface area contributed by atoms with E-state index in [0.717, 1.165) is 0 Å². The number of anilines is 1. The van der Waals surface area contributed by atoms with Gasteiger partial charge in [-0.15, -0.1) is 0 Å². The predicted octanol–water partition coefficient (Wildman–Crippen LogP) is 3.17. The molecule has 108 valence electrons.